The first-order chi connectivity index (χ1) is 20.4. The highest BCUT2D eigenvalue weighted by Gasteiger charge is 2.32. The molecule has 43 heavy (non-hydrogen) atoms. The van der Waals surface area contributed by atoms with Gasteiger partial charge in [0.1, 0.15) is 17.8 Å². The quantitative estimate of drug-likeness (QED) is 0.188. The summed E-state index contributed by atoms with van der Waals surface area (Å²) in [5.74, 6) is -1.65. The number of carbonyl (C=O) groups is 4. The smallest absolute Gasteiger partial charge is 0.243 e. The number of piperidine rings is 1. The normalized spacial score (nSPS) is 19.3. The molecule has 1 aliphatic carbocycles. The van der Waals surface area contributed by atoms with Crippen molar-refractivity contribution in [1.29, 1.82) is 0 Å². The topological polar surface area (TPSA) is 157 Å². The Morgan fingerprint density at radius 2 is 1.63 bits per heavy atom. The summed E-state index contributed by atoms with van der Waals surface area (Å²) in [6, 6.07) is 4.34. The minimum atomic E-state index is -1.03. The van der Waals surface area contributed by atoms with E-state index in [1.165, 1.54) is 0 Å². The number of ether oxygens (including phenoxy) is 1. The van der Waals surface area contributed by atoms with Crippen molar-refractivity contribution in [3.63, 3.8) is 0 Å². The van der Waals surface area contributed by atoms with Gasteiger partial charge in [0.25, 0.3) is 0 Å². The number of rotatable bonds is 15. The third-order valence-corrected chi connectivity index (χ3v) is 8.32. The molecule has 11 heteroatoms. The maximum Gasteiger partial charge on any atom is 0.243 e. The molecule has 238 valence electrons. The Balaban J connectivity index is 1.70. The van der Waals surface area contributed by atoms with Gasteiger partial charge in [-0.2, -0.15) is 0 Å². The lowest BCUT2D eigenvalue weighted by atomic mass is 9.94. The average Bonchev–Trinajstić information content (AvgIpc) is 3.50. The third kappa shape index (κ3) is 10.7. The van der Waals surface area contributed by atoms with E-state index < -0.39 is 41.5 Å². The summed E-state index contributed by atoms with van der Waals surface area (Å²) < 4.78 is 5.23. The van der Waals surface area contributed by atoms with Crippen molar-refractivity contribution in [3.8, 4) is 5.75 Å². The van der Waals surface area contributed by atoms with Gasteiger partial charge >= 0.3 is 0 Å². The Hall–Kier alpha value is -3.28. The number of methoxy groups -OCH3 is 1. The fraction of sp³-hybridized carbons (Fsp3) is 0.625. The zero-order valence-electron chi connectivity index (χ0n) is 25.9. The molecule has 4 atom stereocenters. The molecule has 2 aliphatic rings. The lowest BCUT2D eigenvalue weighted by molar-refractivity contribution is -0.134. The van der Waals surface area contributed by atoms with Crippen molar-refractivity contribution < 1.29 is 34.1 Å². The maximum absolute atomic E-state index is 13.7. The zero-order valence-corrected chi connectivity index (χ0v) is 25.9. The number of ketones is 1. The van der Waals surface area contributed by atoms with Crippen LogP contribution in [0.4, 0.5) is 0 Å². The van der Waals surface area contributed by atoms with Gasteiger partial charge in [-0.1, -0.05) is 30.7 Å². The van der Waals surface area contributed by atoms with E-state index >= 15 is 0 Å². The Morgan fingerprint density at radius 3 is 2.21 bits per heavy atom. The summed E-state index contributed by atoms with van der Waals surface area (Å²) in [7, 11) is 1.56. The van der Waals surface area contributed by atoms with E-state index in [1.54, 1.807) is 52.1 Å². The second-order valence-corrected chi connectivity index (χ2v) is 12.2. The molecule has 1 aromatic rings. The summed E-state index contributed by atoms with van der Waals surface area (Å²) in [6.07, 6.45) is 6.50. The van der Waals surface area contributed by atoms with Crippen LogP contribution in [0.1, 0.15) is 64.9 Å². The molecule has 0 spiro atoms. The lowest BCUT2D eigenvalue weighted by Crippen LogP contribution is -2.57. The van der Waals surface area contributed by atoms with Crippen LogP contribution in [0.2, 0.25) is 0 Å². The van der Waals surface area contributed by atoms with Gasteiger partial charge in [-0.15, -0.1) is 0 Å². The summed E-state index contributed by atoms with van der Waals surface area (Å²) in [4.78, 5) is 54.6. The van der Waals surface area contributed by atoms with Crippen molar-refractivity contribution >= 4 is 23.5 Å². The van der Waals surface area contributed by atoms with Crippen LogP contribution in [0.15, 0.2) is 35.9 Å². The molecule has 0 aromatic heterocycles. The highest BCUT2D eigenvalue weighted by atomic mass is 16.5. The first-order valence-electron chi connectivity index (χ1n) is 15.2. The molecule has 0 saturated carbocycles. The molecule has 1 aliphatic heterocycles. The van der Waals surface area contributed by atoms with Crippen LogP contribution >= 0.6 is 0 Å². The second kappa shape index (κ2) is 16.0. The summed E-state index contributed by atoms with van der Waals surface area (Å²) in [6.45, 7) is 5.90. The number of amides is 3. The van der Waals surface area contributed by atoms with Crippen molar-refractivity contribution in [3.05, 3.63) is 41.5 Å². The van der Waals surface area contributed by atoms with Crippen molar-refractivity contribution in [2.45, 2.75) is 89.4 Å². The van der Waals surface area contributed by atoms with Crippen LogP contribution in [0, 0.1) is 5.92 Å². The first-order valence-corrected chi connectivity index (χ1v) is 15.2. The number of aliphatic hydroxyl groups is 2. The molecule has 4 unspecified atom stereocenters. The van der Waals surface area contributed by atoms with Crippen LogP contribution < -0.4 is 20.7 Å². The number of aliphatic hydroxyl groups excluding tert-OH is 1. The van der Waals surface area contributed by atoms with Gasteiger partial charge in [-0.3, -0.25) is 24.1 Å². The van der Waals surface area contributed by atoms with Crippen molar-refractivity contribution in [1.82, 2.24) is 20.9 Å². The first kappa shape index (κ1) is 34.2. The predicted molar refractivity (Wildman–Crippen MR) is 162 cm³/mol. The van der Waals surface area contributed by atoms with E-state index in [2.05, 4.69) is 22.0 Å². The van der Waals surface area contributed by atoms with Crippen LogP contribution in [-0.2, 0) is 25.6 Å². The number of hydrogen-bond acceptors (Lipinski definition) is 8. The highest BCUT2D eigenvalue weighted by Crippen LogP contribution is 2.24. The summed E-state index contributed by atoms with van der Waals surface area (Å²) in [5.41, 5.74) is 1.13. The third-order valence-electron chi connectivity index (χ3n) is 8.32. The SMILES string of the molecule is COc1ccc(CC(NC(=O)C(C)NC(=O)CN2CCC(C)(O)CC2)C(=O)NC(CC2=CCCC2)C(=O)C(C)CO)cc1. The van der Waals surface area contributed by atoms with Gasteiger partial charge in [-0.05, 0) is 70.1 Å². The van der Waals surface area contributed by atoms with Gasteiger partial charge in [0.05, 0.1) is 31.9 Å². The highest BCUT2D eigenvalue weighted by molar-refractivity contribution is 5.95. The standard InChI is InChI=1S/C32H48N4O7/c1-21(20-37)29(39)26(17-23-7-5-6-8-23)34-31(41)27(18-24-9-11-25(43-4)12-10-24)35-30(40)22(2)33-28(38)19-36-15-13-32(3,42)14-16-36/h7,9-12,21-22,26-27,37,42H,5-6,8,13-20H2,1-4H3,(H,33,38)(H,34,41)(H,35,40). The van der Waals surface area contributed by atoms with Gasteiger partial charge in [0, 0.05) is 25.4 Å². The average molecular weight is 601 g/mol. The number of allylic oxidation sites excluding steroid dienone is 1. The maximum atomic E-state index is 13.7. The van der Waals surface area contributed by atoms with Gasteiger partial charge < -0.3 is 30.9 Å². The minimum Gasteiger partial charge on any atom is -0.497 e. The largest absolute Gasteiger partial charge is 0.497 e. The monoisotopic (exact) mass is 600 g/mol. The molecule has 1 aromatic carbocycles. The van der Waals surface area contributed by atoms with Crippen LogP contribution in [0.5, 0.6) is 5.75 Å². The minimum absolute atomic E-state index is 0.103. The van der Waals surface area contributed by atoms with E-state index in [9.17, 15) is 29.4 Å². The van der Waals surface area contributed by atoms with Crippen LogP contribution in [0.3, 0.4) is 0 Å². The Morgan fingerprint density at radius 1 is 0.977 bits per heavy atom. The number of benzene rings is 1. The number of hydrogen-bond donors (Lipinski definition) is 5. The molecule has 5 N–H and O–H groups in total. The number of Topliss-reactive ketones (excluding diaryl/α,β-unsaturated/α-hetero) is 1. The second-order valence-electron chi connectivity index (χ2n) is 12.2. The number of nitrogens with zero attached hydrogens (tertiary/aromatic N) is 1. The van der Waals surface area contributed by atoms with Gasteiger partial charge in [0.2, 0.25) is 17.7 Å². The molecular formula is C32H48N4O7. The molecule has 1 saturated heterocycles. The van der Waals surface area contributed by atoms with E-state index in [0.29, 0.717) is 38.1 Å². The van der Waals surface area contributed by atoms with E-state index in [0.717, 1.165) is 30.4 Å². The van der Waals surface area contributed by atoms with E-state index in [-0.39, 0.29) is 31.3 Å². The summed E-state index contributed by atoms with van der Waals surface area (Å²) >= 11 is 0. The van der Waals surface area contributed by atoms with Crippen molar-refractivity contribution in [2.24, 2.45) is 5.92 Å². The van der Waals surface area contributed by atoms with Crippen LogP contribution in [0.25, 0.3) is 0 Å². The summed E-state index contributed by atoms with van der Waals surface area (Å²) in [5, 5.41) is 28.1. The molecular weight excluding hydrogens is 552 g/mol. The predicted octanol–water partition coefficient (Wildman–Crippen LogP) is 1.26. The molecule has 1 heterocycles. The molecule has 0 radical (unpaired) electrons. The molecule has 11 nitrogen and oxygen atoms in total. The lowest BCUT2D eigenvalue weighted by Gasteiger charge is -2.35. The zero-order chi connectivity index (χ0) is 31.6. The fourth-order valence-corrected chi connectivity index (χ4v) is 5.37. The van der Waals surface area contributed by atoms with E-state index in [1.807, 2.05) is 4.90 Å². The fourth-order valence-electron chi connectivity index (χ4n) is 5.37. The Bertz CT molecular complexity index is 1140. The molecule has 3 amide bonds. The molecule has 1 fully saturated rings. The molecule has 3 rings (SSSR count). The Kier molecular flexibility index (Phi) is 12.7. The number of nitrogens with one attached hydrogen (secondary N) is 3. The van der Waals surface area contributed by atoms with Gasteiger partial charge in [0.15, 0.2) is 5.78 Å². The molecule has 0 bridgehead atoms. The van der Waals surface area contributed by atoms with Crippen molar-refractivity contribution in [2.75, 3.05) is 33.4 Å². The van der Waals surface area contributed by atoms with Gasteiger partial charge in [-0.25, -0.2) is 0 Å². The Labute approximate surface area is 254 Å². The number of likely N-dealkylation sites (tertiary alicyclic amines) is 1. The number of carbonyl (C=O) groups excluding carboxylic acids is 4. The van der Waals surface area contributed by atoms with E-state index in [4.69, 9.17) is 4.74 Å². The van der Waals surface area contributed by atoms with Crippen LogP contribution in [-0.4, -0.2) is 95.7 Å².